The molecular formula is C20H34N4O4. The van der Waals surface area contributed by atoms with E-state index in [4.69, 9.17) is 9.47 Å². The van der Waals surface area contributed by atoms with Gasteiger partial charge in [0, 0.05) is 19.3 Å². The van der Waals surface area contributed by atoms with Crippen LogP contribution in [0.25, 0.3) is 0 Å². The first-order chi connectivity index (χ1) is 12.9. The SMILES string of the molecule is COC(=O)[C@@H](n1cc(CC2CCN(C(=O)OC(C)(C)C)CC2)nn1)C(C)(C)C. The predicted octanol–water partition coefficient (Wildman–Crippen LogP) is 3.23. The molecule has 0 aromatic carbocycles. The van der Waals surface area contributed by atoms with Gasteiger partial charge in [-0.15, -0.1) is 5.10 Å². The Balaban J connectivity index is 1.94. The third kappa shape index (κ3) is 5.94. The lowest BCUT2D eigenvalue weighted by molar-refractivity contribution is -0.148. The summed E-state index contributed by atoms with van der Waals surface area (Å²) in [5.74, 6) is 0.102. The molecule has 0 saturated carbocycles. The molecule has 8 nitrogen and oxygen atoms in total. The van der Waals surface area contributed by atoms with Gasteiger partial charge in [-0.3, -0.25) is 0 Å². The first kappa shape index (κ1) is 22.2. The van der Waals surface area contributed by atoms with Crippen LogP contribution in [0.4, 0.5) is 4.79 Å². The summed E-state index contributed by atoms with van der Waals surface area (Å²) in [4.78, 5) is 26.1. The monoisotopic (exact) mass is 394 g/mol. The molecule has 0 spiro atoms. The van der Waals surface area contributed by atoms with E-state index < -0.39 is 11.6 Å². The van der Waals surface area contributed by atoms with Gasteiger partial charge in [-0.25, -0.2) is 14.3 Å². The number of carbonyl (C=O) groups is 2. The quantitative estimate of drug-likeness (QED) is 0.729. The zero-order chi connectivity index (χ0) is 21.1. The maximum Gasteiger partial charge on any atom is 0.410 e. The number of likely N-dealkylation sites (tertiary alicyclic amines) is 1. The minimum absolute atomic E-state index is 0.247. The zero-order valence-corrected chi connectivity index (χ0v) is 18.2. The van der Waals surface area contributed by atoms with Gasteiger partial charge in [0.1, 0.15) is 5.60 Å². The Morgan fingerprint density at radius 3 is 2.29 bits per heavy atom. The minimum Gasteiger partial charge on any atom is -0.467 e. The molecule has 1 aliphatic heterocycles. The average molecular weight is 395 g/mol. The van der Waals surface area contributed by atoms with Gasteiger partial charge in [-0.1, -0.05) is 26.0 Å². The normalized spacial score (nSPS) is 17.3. The number of carbonyl (C=O) groups excluding carboxylic acids is 2. The molecule has 1 aromatic rings. The maximum absolute atomic E-state index is 12.2. The van der Waals surface area contributed by atoms with Crippen molar-refractivity contribution in [2.75, 3.05) is 20.2 Å². The Morgan fingerprint density at radius 2 is 1.79 bits per heavy atom. The standard InChI is InChI=1S/C20H34N4O4/c1-19(2,3)16(17(25)27-7)24-13-15(21-22-24)12-14-8-10-23(11-9-14)18(26)28-20(4,5)6/h13-14,16H,8-12H2,1-7H3/t16-/m1/s1. The molecule has 1 aromatic heterocycles. The van der Waals surface area contributed by atoms with Gasteiger partial charge in [0.25, 0.3) is 0 Å². The molecule has 0 unspecified atom stereocenters. The maximum atomic E-state index is 12.2. The van der Waals surface area contributed by atoms with Crippen molar-refractivity contribution in [3.05, 3.63) is 11.9 Å². The van der Waals surface area contributed by atoms with Crippen molar-refractivity contribution < 1.29 is 19.1 Å². The van der Waals surface area contributed by atoms with E-state index >= 15 is 0 Å². The van der Waals surface area contributed by atoms with E-state index in [0.29, 0.717) is 19.0 Å². The lowest BCUT2D eigenvalue weighted by Crippen LogP contribution is -2.42. The van der Waals surface area contributed by atoms with Crippen molar-refractivity contribution in [3.8, 4) is 0 Å². The van der Waals surface area contributed by atoms with Crippen LogP contribution in [0.5, 0.6) is 0 Å². The van der Waals surface area contributed by atoms with Crippen LogP contribution in [0.1, 0.15) is 66.1 Å². The molecule has 1 atom stereocenters. The highest BCUT2D eigenvalue weighted by atomic mass is 16.6. The number of esters is 1. The second-order valence-electron chi connectivity index (χ2n) is 9.60. The molecule has 158 valence electrons. The fraction of sp³-hybridized carbons (Fsp3) is 0.800. The number of aromatic nitrogens is 3. The Labute approximate surface area is 167 Å². The molecular weight excluding hydrogens is 360 g/mol. The topological polar surface area (TPSA) is 86.5 Å². The van der Waals surface area contributed by atoms with Crippen molar-refractivity contribution in [1.82, 2.24) is 19.9 Å². The molecule has 1 fully saturated rings. The lowest BCUT2D eigenvalue weighted by atomic mass is 9.87. The average Bonchev–Trinajstić information content (AvgIpc) is 3.00. The van der Waals surface area contributed by atoms with Crippen LogP contribution >= 0.6 is 0 Å². The summed E-state index contributed by atoms with van der Waals surface area (Å²) in [6.45, 7) is 12.9. The smallest absolute Gasteiger partial charge is 0.410 e. The highest BCUT2D eigenvalue weighted by molar-refractivity contribution is 5.74. The van der Waals surface area contributed by atoms with E-state index in [1.54, 1.807) is 9.58 Å². The first-order valence-corrected chi connectivity index (χ1v) is 9.87. The van der Waals surface area contributed by atoms with E-state index in [1.807, 2.05) is 47.7 Å². The van der Waals surface area contributed by atoms with E-state index in [2.05, 4.69) is 10.3 Å². The van der Waals surface area contributed by atoms with Crippen LogP contribution in [-0.2, 0) is 20.7 Å². The van der Waals surface area contributed by atoms with Gasteiger partial charge in [0.15, 0.2) is 6.04 Å². The van der Waals surface area contributed by atoms with Crippen molar-refractivity contribution in [2.24, 2.45) is 11.3 Å². The van der Waals surface area contributed by atoms with Gasteiger partial charge in [-0.2, -0.15) is 0 Å². The predicted molar refractivity (Wildman–Crippen MR) is 105 cm³/mol. The Bertz CT molecular complexity index is 679. The van der Waals surface area contributed by atoms with Crippen LogP contribution in [0.15, 0.2) is 6.20 Å². The lowest BCUT2D eigenvalue weighted by Gasteiger charge is -2.33. The van der Waals surface area contributed by atoms with Crippen LogP contribution in [0, 0.1) is 11.3 Å². The number of hydrogen-bond acceptors (Lipinski definition) is 6. The number of piperidine rings is 1. The van der Waals surface area contributed by atoms with Gasteiger partial charge < -0.3 is 14.4 Å². The number of hydrogen-bond donors (Lipinski definition) is 0. The molecule has 2 rings (SSSR count). The highest BCUT2D eigenvalue weighted by Crippen LogP contribution is 2.31. The Morgan fingerprint density at radius 1 is 1.18 bits per heavy atom. The summed E-state index contributed by atoms with van der Waals surface area (Å²) in [5.41, 5.74) is 0.0424. The molecule has 1 aliphatic rings. The van der Waals surface area contributed by atoms with Crippen LogP contribution in [0.3, 0.4) is 0 Å². The molecule has 0 radical (unpaired) electrons. The van der Waals surface area contributed by atoms with Crippen molar-refractivity contribution >= 4 is 12.1 Å². The van der Waals surface area contributed by atoms with Crippen molar-refractivity contribution in [2.45, 2.75) is 72.4 Å². The highest BCUT2D eigenvalue weighted by Gasteiger charge is 2.35. The van der Waals surface area contributed by atoms with Crippen LogP contribution in [-0.4, -0.2) is 57.8 Å². The third-order valence-corrected chi connectivity index (χ3v) is 4.83. The second kappa shape index (κ2) is 8.49. The summed E-state index contributed by atoms with van der Waals surface area (Å²) in [7, 11) is 1.39. The zero-order valence-electron chi connectivity index (χ0n) is 18.2. The Kier molecular flexibility index (Phi) is 6.72. The fourth-order valence-electron chi connectivity index (χ4n) is 3.45. The molecule has 0 N–H and O–H groups in total. The summed E-state index contributed by atoms with van der Waals surface area (Å²) >= 11 is 0. The van der Waals surface area contributed by atoms with E-state index in [-0.39, 0.29) is 17.5 Å². The largest absolute Gasteiger partial charge is 0.467 e. The van der Waals surface area contributed by atoms with Gasteiger partial charge in [0.05, 0.1) is 12.8 Å². The molecule has 0 aliphatic carbocycles. The summed E-state index contributed by atoms with van der Waals surface area (Å²) < 4.78 is 12.0. The number of amides is 1. The van der Waals surface area contributed by atoms with Crippen molar-refractivity contribution in [1.29, 1.82) is 0 Å². The number of methoxy groups -OCH3 is 1. The summed E-state index contributed by atoms with van der Waals surface area (Å²) in [6, 6.07) is -0.521. The van der Waals surface area contributed by atoms with Gasteiger partial charge >= 0.3 is 12.1 Å². The number of rotatable bonds is 4. The Hall–Kier alpha value is -2.12. The third-order valence-electron chi connectivity index (χ3n) is 4.83. The van der Waals surface area contributed by atoms with Crippen molar-refractivity contribution in [3.63, 3.8) is 0 Å². The molecule has 8 heteroatoms. The van der Waals surface area contributed by atoms with Gasteiger partial charge in [-0.05, 0) is 51.4 Å². The first-order valence-electron chi connectivity index (χ1n) is 9.87. The van der Waals surface area contributed by atoms with E-state index in [0.717, 1.165) is 25.0 Å². The van der Waals surface area contributed by atoms with E-state index in [1.165, 1.54) is 7.11 Å². The summed E-state index contributed by atoms with van der Waals surface area (Å²) in [5, 5.41) is 8.45. The minimum atomic E-state index is -0.521. The van der Waals surface area contributed by atoms with Crippen LogP contribution < -0.4 is 0 Å². The number of nitrogens with zero attached hydrogens (tertiary/aromatic N) is 4. The fourth-order valence-corrected chi connectivity index (χ4v) is 3.45. The summed E-state index contributed by atoms with van der Waals surface area (Å²) in [6.07, 6.45) is 4.16. The second-order valence-corrected chi connectivity index (χ2v) is 9.60. The van der Waals surface area contributed by atoms with Crippen LogP contribution in [0.2, 0.25) is 0 Å². The molecule has 1 amide bonds. The molecule has 2 heterocycles. The van der Waals surface area contributed by atoms with E-state index in [9.17, 15) is 9.59 Å². The van der Waals surface area contributed by atoms with Gasteiger partial charge in [0.2, 0.25) is 0 Å². The molecule has 28 heavy (non-hydrogen) atoms. The molecule has 0 bridgehead atoms. The number of ether oxygens (including phenoxy) is 2. The molecule has 1 saturated heterocycles.